The van der Waals surface area contributed by atoms with Crippen LogP contribution in [0.4, 0.5) is 0 Å². The van der Waals surface area contributed by atoms with Crippen molar-refractivity contribution in [2.24, 2.45) is 0 Å². The van der Waals surface area contributed by atoms with Crippen LogP contribution >= 0.6 is 0 Å². The van der Waals surface area contributed by atoms with E-state index in [4.69, 9.17) is 9.47 Å². The first kappa shape index (κ1) is 12.6. The maximum atomic E-state index is 5.61. The van der Waals surface area contributed by atoms with Crippen molar-refractivity contribution in [3.8, 4) is 0 Å². The average molecular weight is 235 g/mol. The number of nitrogens with one attached hydrogen (secondary N) is 1. The van der Waals surface area contributed by atoms with E-state index in [1.165, 1.54) is 5.56 Å². The molecule has 1 aliphatic rings. The third kappa shape index (κ3) is 4.11. The highest BCUT2D eigenvalue weighted by atomic mass is 16.5. The largest absolute Gasteiger partial charge is 0.377 e. The minimum atomic E-state index is 0.337. The van der Waals surface area contributed by atoms with E-state index in [1.54, 1.807) is 0 Å². The summed E-state index contributed by atoms with van der Waals surface area (Å²) in [5, 5.41) is 3.47. The van der Waals surface area contributed by atoms with Crippen molar-refractivity contribution in [2.75, 3.05) is 19.8 Å². The van der Waals surface area contributed by atoms with E-state index in [0.717, 1.165) is 26.2 Å². The molecule has 1 N–H and O–H groups in total. The molecule has 2 rings (SSSR count). The van der Waals surface area contributed by atoms with Crippen LogP contribution in [0.15, 0.2) is 30.3 Å². The van der Waals surface area contributed by atoms with Crippen molar-refractivity contribution in [3.05, 3.63) is 35.9 Å². The van der Waals surface area contributed by atoms with Crippen LogP contribution in [0.25, 0.3) is 0 Å². The second-order valence-corrected chi connectivity index (χ2v) is 4.46. The standard InChI is InChI=1S/C14H21NO2/c1-12-14(7-9-17-12)15-8-10-16-11-13-5-3-2-4-6-13/h2-6,12,14-15H,7-11H2,1H3. The Morgan fingerprint density at radius 2 is 2.18 bits per heavy atom. The molecule has 17 heavy (non-hydrogen) atoms. The monoisotopic (exact) mass is 235 g/mol. The molecule has 1 saturated heterocycles. The zero-order chi connectivity index (χ0) is 11.9. The molecule has 0 bridgehead atoms. The van der Waals surface area contributed by atoms with E-state index in [2.05, 4.69) is 24.4 Å². The fourth-order valence-electron chi connectivity index (χ4n) is 2.08. The molecule has 0 saturated carbocycles. The van der Waals surface area contributed by atoms with E-state index < -0.39 is 0 Å². The van der Waals surface area contributed by atoms with E-state index in [9.17, 15) is 0 Å². The van der Waals surface area contributed by atoms with Crippen LogP contribution in [-0.2, 0) is 16.1 Å². The summed E-state index contributed by atoms with van der Waals surface area (Å²) >= 11 is 0. The number of hydrogen-bond acceptors (Lipinski definition) is 3. The van der Waals surface area contributed by atoms with Gasteiger partial charge in [0.2, 0.25) is 0 Å². The van der Waals surface area contributed by atoms with Crippen molar-refractivity contribution in [3.63, 3.8) is 0 Å². The summed E-state index contributed by atoms with van der Waals surface area (Å²) in [6, 6.07) is 10.8. The third-order valence-corrected chi connectivity index (χ3v) is 3.14. The predicted molar refractivity (Wildman–Crippen MR) is 67.9 cm³/mol. The van der Waals surface area contributed by atoms with Gasteiger partial charge in [-0.1, -0.05) is 30.3 Å². The van der Waals surface area contributed by atoms with E-state index in [-0.39, 0.29) is 0 Å². The molecular formula is C14H21NO2. The van der Waals surface area contributed by atoms with Gasteiger partial charge in [0.15, 0.2) is 0 Å². The highest BCUT2D eigenvalue weighted by molar-refractivity contribution is 5.13. The Kier molecular flexibility index (Phi) is 4.98. The molecule has 3 heteroatoms. The van der Waals surface area contributed by atoms with Gasteiger partial charge in [0, 0.05) is 19.2 Å². The van der Waals surface area contributed by atoms with Gasteiger partial charge >= 0.3 is 0 Å². The lowest BCUT2D eigenvalue weighted by atomic mass is 10.1. The van der Waals surface area contributed by atoms with Gasteiger partial charge in [-0.3, -0.25) is 0 Å². The number of rotatable bonds is 6. The van der Waals surface area contributed by atoms with Gasteiger partial charge in [-0.25, -0.2) is 0 Å². The van der Waals surface area contributed by atoms with Gasteiger partial charge in [0.05, 0.1) is 19.3 Å². The normalized spacial score (nSPS) is 24.1. The Labute approximate surface area is 103 Å². The first-order valence-corrected chi connectivity index (χ1v) is 6.33. The van der Waals surface area contributed by atoms with Crippen molar-refractivity contribution < 1.29 is 9.47 Å². The molecule has 0 amide bonds. The molecule has 2 atom stereocenters. The summed E-state index contributed by atoms with van der Waals surface area (Å²) in [6.07, 6.45) is 1.45. The smallest absolute Gasteiger partial charge is 0.0717 e. The molecule has 0 aliphatic carbocycles. The summed E-state index contributed by atoms with van der Waals surface area (Å²) in [5.74, 6) is 0. The van der Waals surface area contributed by atoms with Crippen molar-refractivity contribution in [1.29, 1.82) is 0 Å². The van der Waals surface area contributed by atoms with Gasteiger partial charge in [-0.15, -0.1) is 0 Å². The summed E-state index contributed by atoms with van der Waals surface area (Å²) in [5.41, 5.74) is 1.23. The Morgan fingerprint density at radius 1 is 1.35 bits per heavy atom. The highest BCUT2D eigenvalue weighted by Gasteiger charge is 2.22. The number of hydrogen-bond donors (Lipinski definition) is 1. The first-order valence-electron chi connectivity index (χ1n) is 6.33. The summed E-state index contributed by atoms with van der Waals surface area (Å²) in [4.78, 5) is 0. The molecule has 3 nitrogen and oxygen atoms in total. The molecule has 1 aromatic carbocycles. The fraction of sp³-hybridized carbons (Fsp3) is 0.571. The summed E-state index contributed by atoms with van der Waals surface area (Å²) in [6.45, 7) is 5.34. The Morgan fingerprint density at radius 3 is 2.88 bits per heavy atom. The predicted octanol–water partition coefficient (Wildman–Crippen LogP) is 1.97. The minimum Gasteiger partial charge on any atom is -0.377 e. The summed E-state index contributed by atoms with van der Waals surface area (Å²) in [7, 11) is 0. The van der Waals surface area contributed by atoms with Crippen LogP contribution in [0, 0.1) is 0 Å². The molecule has 0 aromatic heterocycles. The lowest BCUT2D eigenvalue weighted by molar-refractivity contribution is 0.101. The quantitative estimate of drug-likeness (QED) is 0.765. The van der Waals surface area contributed by atoms with Crippen LogP contribution in [0.3, 0.4) is 0 Å². The molecule has 1 fully saturated rings. The average Bonchev–Trinajstić information content (AvgIpc) is 2.76. The van der Waals surface area contributed by atoms with Gasteiger partial charge in [0.25, 0.3) is 0 Å². The molecule has 0 spiro atoms. The van der Waals surface area contributed by atoms with Crippen LogP contribution in [0.5, 0.6) is 0 Å². The van der Waals surface area contributed by atoms with Crippen LogP contribution < -0.4 is 5.32 Å². The fourth-order valence-corrected chi connectivity index (χ4v) is 2.08. The molecule has 1 heterocycles. The lowest BCUT2D eigenvalue weighted by Crippen LogP contribution is -2.36. The van der Waals surface area contributed by atoms with Crippen molar-refractivity contribution in [2.45, 2.75) is 32.1 Å². The van der Waals surface area contributed by atoms with Crippen LogP contribution in [-0.4, -0.2) is 31.9 Å². The minimum absolute atomic E-state index is 0.337. The molecule has 2 unspecified atom stereocenters. The highest BCUT2D eigenvalue weighted by Crippen LogP contribution is 2.11. The SMILES string of the molecule is CC1OCCC1NCCOCc1ccccc1. The van der Waals surface area contributed by atoms with Crippen LogP contribution in [0.1, 0.15) is 18.9 Å². The van der Waals surface area contributed by atoms with Gasteiger partial charge in [-0.05, 0) is 18.9 Å². The maximum absolute atomic E-state index is 5.61. The molecule has 1 aromatic rings. The number of ether oxygens (including phenoxy) is 2. The van der Waals surface area contributed by atoms with Gasteiger partial charge < -0.3 is 14.8 Å². The lowest BCUT2D eigenvalue weighted by Gasteiger charge is -2.15. The molecule has 1 aliphatic heterocycles. The second kappa shape index (κ2) is 6.74. The van der Waals surface area contributed by atoms with E-state index >= 15 is 0 Å². The zero-order valence-electron chi connectivity index (χ0n) is 10.4. The molecule has 0 radical (unpaired) electrons. The van der Waals surface area contributed by atoms with Gasteiger partial charge in [-0.2, -0.15) is 0 Å². The topological polar surface area (TPSA) is 30.5 Å². The summed E-state index contributed by atoms with van der Waals surface area (Å²) < 4.78 is 11.1. The second-order valence-electron chi connectivity index (χ2n) is 4.46. The Bertz CT molecular complexity index is 315. The Hall–Kier alpha value is -0.900. The first-order chi connectivity index (χ1) is 8.36. The van der Waals surface area contributed by atoms with Crippen LogP contribution in [0.2, 0.25) is 0 Å². The zero-order valence-corrected chi connectivity index (χ0v) is 10.4. The van der Waals surface area contributed by atoms with E-state index in [0.29, 0.717) is 18.8 Å². The van der Waals surface area contributed by atoms with E-state index in [1.807, 2.05) is 18.2 Å². The van der Waals surface area contributed by atoms with Gasteiger partial charge in [0.1, 0.15) is 0 Å². The third-order valence-electron chi connectivity index (χ3n) is 3.14. The molecule has 94 valence electrons. The maximum Gasteiger partial charge on any atom is 0.0717 e. The Balaban J connectivity index is 1.55. The number of benzene rings is 1. The van der Waals surface area contributed by atoms with Crippen molar-refractivity contribution in [1.82, 2.24) is 5.32 Å². The molecular weight excluding hydrogens is 214 g/mol. The van der Waals surface area contributed by atoms with Crippen molar-refractivity contribution >= 4 is 0 Å².